The largest absolute Gasteiger partial charge is 0.457 e. The first kappa shape index (κ1) is 17.4. The van der Waals surface area contributed by atoms with Crippen molar-refractivity contribution in [1.29, 1.82) is 0 Å². The molecule has 0 spiro atoms. The zero-order valence-electron chi connectivity index (χ0n) is 13.3. The molecule has 0 saturated carbocycles. The lowest BCUT2D eigenvalue weighted by atomic mass is 10.0. The van der Waals surface area contributed by atoms with Crippen molar-refractivity contribution in [2.24, 2.45) is 0 Å². The normalized spacial score (nSPS) is 23.2. The average Bonchev–Trinajstić information content (AvgIpc) is 2.52. The van der Waals surface area contributed by atoms with E-state index in [1.165, 1.54) is 0 Å². The third-order valence-electron chi connectivity index (χ3n) is 2.65. The van der Waals surface area contributed by atoms with Crippen LogP contribution >= 0.6 is 0 Å². The number of likely N-dealkylation sites (tertiary alicyclic amines) is 1. The Bertz CT molecular complexity index is 459. The van der Waals surface area contributed by atoms with Crippen LogP contribution in [0.5, 0.6) is 0 Å². The number of imide groups is 1. The molecule has 21 heavy (non-hydrogen) atoms. The molecular weight excluding hydrogens is 278 g/mol. The molecule has 1 rings (SSSR count). The van der Waals surface area contributed by atoms with Crippen LogP contribution in [0.1, 0.15) is 48.0 Å². The molecule has 2 amide bonds. The molecule has 1 fully saturated rings. The fraction of sp³-hybridized carbons (Fsp3) is 0.786. The van der Waals surface area contributed by atoms with Gasteiger partial charge in [-0.3, -0.25) is 4.79 Å². The summed E-state index contributed by atoms with van der Waals surface area (Å²) < 4.78 is 10.1. The van der Waals surface area contributed by atoms with Crippen LogP contribution in [0.4, 0.5) is 4.79 Å². The maximum absolute atomic E-state index is 12.2. The lowest BCUT2D eigenvalue weighted by Crippen LogP contribution is -2.51. The van der Waals surface area contributed by atoms with Gasteiger partial charge >= 0.3 is 12.1 Å². The minimum absolute atomic E-state index is 0.0938. The number of amides is 2. The Kier molecular flexibility index (Phi) is 4.39. The highest BCUT2D eigenvalue weighted by Crippen LogP contribution is 2.27. The quantitative estimate of drug-likeness (QED) is 0.578. The van der Waals surface area contributed by atoms with Crippen molar-refractivity contribution < 1.29 is 29.0 Å². The molecule has 0 aromatic rings. The fourth-order valence-corrected chi connectivity index (χ4v) is 1.75. The molecule has 7 nitrogen and oxygen atoms in total. The third-order valence-corrected chi connectivity index (χ3v) is 2.65. The molecule has 0 unspecified atom stereocenters. The Morgan fingerprint density at radius 3 is 2.00 bits per heavy atom. The first-order valence-corrected chi connectivity index (χ1v) is 6.77. The molecule has 0 aliphatic carbocycles. The second kappa shape index (κ2) is 5.29. The van der Waals surface area contributed by atoms with Crippen LogP contribution in [0.3, 0.4) is 0 Å². The molecule has 0 aromatic carbocycles. The molecule has 0 bridgehead atoms. The summed E-state index contributed by atoms with van der Waals surface area (Å²) in [7, 11) is 0. The zero-order chi connectivity index (χ0) is 16.6. The van der Waals surface area contributed by atoms with Gasteiger partial charge in [0.25, 0.3) is 5.91 Å². The summed E-state index contributed by atoms with van der Waals surface area (Å²) in [6, 6.07) is 0. The third kappa shape index (κ3) is 4.17. The smallest absolute Gasteiger partial charge is 0.417 e. The van der Waals surface area contributed by atoms with Crippen LogP contribution in [0.25, 0.3) is 0 Å². The van der Waals surface area contributed by atoms with Crippen molar-refractivity contribution >= 4 is 18.0 Å². The number of hydrogen-bond acceptors (Lipinski definition) is 6. The van der Waals surface area contributed by atoms with E-state index in [0.717, 1.165) is 4.90 Å². The highest BCUT2D eigenvalue weighted by atomic mass is 16.6. The summed E-state index contributed by atoms with van der Waals surface area (Å²) in [6.07, 6.45) is -1.09. The molecule has 7 heteroatoms. The van der Waals surface area contributed by atoms with E-state index in [0.29, 0.717) is 0 Å². The Morgan fingerprint density at radius 2 is 1.57 bits per heavy atom. The van der Waals surface area contributed by atoms with Gasteiger partial charge in [-0.05, 0) is 41.5 Å². The maximum atomic E-state index is 12.2. The number of esters is 1. The van der Waals surface area contributed by atoms with Gasteiger partial charge in [0.2, 0.25) is 5.60 Å². The van der Waals surface area contributed by atoms with E-state index in [2.05, 4.69) is 0 Å². The molecule has 1 atom stereocenters. The molecule has 1 heterocycles. The van der Waals surface area contributed by atoms with E-state index in [-0.39, 0.29) is 13.0 Å². The van der Waals surface area contributed by atoms with Crippen molar-refractivity contribution in [2.45, 2.75) is 64.8 Å². The average molecular weight is 301 g/mol. The fourth-order valence-electron chi connectivity index (χ4n) is 1.75. The Hall–Kier alpha value is -1.63. The van der Waals surface area contributed by atoms with Crippen LogP contribution in [0.2, 0.25) is 0 Å². The predicted molar refractivity (Wildman–Crippen MR) is 73.4 cm³/mol. The summed E-state index contributed by atoms with van der Waals surface area (Å²) in [5.74, 6) is -2.06. The summed E-state index contributed by atoms with van der Waals surface area (Å²) in [6.45, 7) is 9.75. The van der Waals surface area contributed by atoms with E-state index in [9.17, 15) is 19.5 Å². The van der Waals surface area contributed by atoms with Crippen LogP contribution in [0.15, 0.2) is 0 Å². The van der Waals surface area contributed by atoms with Crippen LogP contribution in [-0.2, 0) is 19.1 Å². The number of ether oxygens (including phenoxy) is 2. The van der Waals surface area contributed by atoms with E-state index in [4.69, 9.17) is 9.47 Å². The van der Waals surface area contributed by atoms with Crippen molar-refractivity contribution in [3.05, 3.63) is 0 Å². The van der Waals surface area contributed by atoms with E-state index >= 15 is 0 Å². The molecule has 0 aromatic heterocycles. The van der Waals surface area contributed by atoms with Crippen LogP contribution in [-0.4, -0.2) is 51.3 Å². The van der Waals surface area contributed by atoms with Crippen LogP contribution in [0, 0.1) is 0 Å². The SMILES string of the molecule is CC(C)(C)OC(=O)N1CC[C@@](O)(C(=O)OC(C)(C)C)C1=O. The summed E-state index contributed by atoms with van der Waals surface area (Å²) in [4.78, 5) is 36.7. The van der Waals surface area contributed by atoms with Gasteiger partial charge in [0.15, 0.2) is 0 Å². The van der Waals surface area contributed by atoms with Gasteiger partial charge in [0.1, 0.15) is 11.2 Å². The van der Waals surface area contributed by atoms with Gasteiger partial charge in [-0.25, -0.2) is 14.5 Å². The van der Waals surface area contributed by atoms with E-state index in [1.54, 1.807) is 41.5 Å². The van der Waals surface area contributed by atoms with Gasteiger partial charge in [0, 0.05) is 13.0 Å². The number of hydrogen-bond donors (Lipinski definition) is 1. The monoisotopic (exact) mass is 301 g/mol. The zero-order valence-corrected chi connectivity index (χ0v) is 13.3. The first-order valence-electron chi connectivity index (χ1n) is 6.77. The van der Waals surface area contributed by atoms with Crippen molar-refractivity contribution in [1.82, 2.24) is 4.90 Å². The van der Waals surface area contributed by atoms with Gasteiger partial charge < -0.3 is 14.6 Å². The lowest BCUT2D eigenvalue weighted by molar-refractivity contribution is -0.179. The second-order valence-electron chi connectivity index (χ2n) is 7.05. The molecule has 1 aliphatic heterocycles. The second-order valence-corrected chi connectivity index (χ2v) is 7.05. The van der Waals surface area contributed by atoms with Gasteiger partial charge in [-0.2, -0.15) is 0 Å². The van der Waals surface area contributed by atoms with Crippen LogP contribution < -0.4 is 0 Å². The topological polar surface area (TPSA) is 93.1 Å². The molecular formula is C14H23NO6. The summed E-state index contributed by atoms with van der Waals surface area (Å²) in [5, 5.41) is 10.2. The molecule has 1 aliphatic rings. The first-order chi connectivity index (χ1) is 9.26. The van der Waals surface area contributed by atoms with Crippen molar-refractivity contribution in [2.75, 3.05) is 6.54 Å². The maximum Gasteiger partial charge on any atom is 0.417 e. The Morgan fingerprint density at radius 1 is 1.10 bits per heavy atom. The van der Waals surface area contributed by atoms with Gasteiger partial charge in [-0.1, -0.05) is 0 Å². The summed E-state index contributed by atoms with van der Waals surface area (Å²) >= 11 is 0. The Balaban J connectivity index is 2.85. The standard InChI is InChI=1S/C14H23NO6/c1-12(2,3)20-10(17)14(19)7-8-15(9(14)16)11(18)21-13(4,5)6/h19H,7-8H2,1-6H3/t14-/m0/s1. The summed E-state index contributed by atoms with van der Waals surface area (Å²) in [5.41, 5.74) is -3.94. The number of carbonyl (C=O) groups is 3. The molecule has 1 N–H and O–H groups in total. The number of nitrogens with zero attached hydrogens (tertiary/aromatic N) is 1. The predicted octanol–water partition coefficient (Wildman–Crippen LogP) is 1.23. The highest BCUT2D eigenvalue weighted by Gasteiger charge is 2.56. The van der Waals surface area contributed by atoms with Gasteiger partial charge in [-0.15, -0.1) is 0 Å². The molecule has 0 radical (unpaired) electrons. The number of aliphatic hydroxyl groups is 1. The highest BCUT2D eigenvalue weighted by molar-refractivity contribution is 6.12. The van der Waals surface area contributed by atoms with E-state index in [1.807, 2.05) is 0 Å². The molecule has 1 saturated heterocycles. The number of rotatable bonds is 1. The van der Waals surface area contributed by atoms with Crippen molar-refractivity contribution in [3.8, 4) is 0 Å². The molecule has 120 valence electrons. The minimum atomic E-state index is -2.33. The lowest BCUT2D eigenvalue weighted by Gasteiger charge is -2.26. The minimum Gasteiger partial charge on any atom is -0.457 e. The van der Waals surface area contributed by atoms with E-state index < -0.39 is 34.8 Å². The van der Waals surface area contributed by atoms with Crippen molar-refractivity contribution in [3.63, 3.8) is 0 Å². The Labute approximate surface area is 124 Å². The van der Waals surface area contributed by atoms with Gasteiger partial charge in [0.05, 0.1) is 0 Å². The number of carbonyl (C=O) groups excluding carboxylic acids is 3.